The molecule has 0 aromatic heterocycles. The summed E-state index contributed by atoms with van der Waals surface area (Å²) in [5.74, 6) is -0.784. The Morgan fingerprint density at radius 3 is 2.56 bits per heavy atom. The molecule has 0 aliphatic rings. The standard InChI is InChI=1S/C17H22N2O6/c1-2-3-4-5-10-16(20)18-11-17(21)24-12-14-8-6-7-9-15(14)13-25-19(22)23/h2-3,6-9H,4-5,10-13H2,1H3,(H,18,20)/b3-2-. The summed E-state index contributed by atoms with van der Waals surface area (Å²) in [5.41, 5.74) is 1.16. The second kappa shape index (κ2) is 11.6. The van der Waals surface area contributed by atoms with Crippen molar-refractivity contribution in [2.24, 2.45) is 0 Å². The topological polar surface area (TPSA) is 108 Å². The van der Waals surface area contributed by atoms with Gasteiger partial charge in [-0.25, -0.2) is 0 Å². The van der Waals surface area contributed by atoms with Crippen LogP contribution in [0.4, 0.5) is 0 Å². The molecule has 0 spiro atoms. The van der Waals surface area contributed by atoms with Crippen LogP contribution < -0.4 is 5.32 Å². The van der Waals surface area contributed by atoms with Crippen LogP contribution in [0, 0.1) is 10.1 Å². The Hall–Kier alpha value is -2.90. The molecule has 136 valence electrons. The third-order valence-electron chi connectivity index (χ3n) is 3.27. The molecule has 8 nitrogen and oxygen atoms in total. The summed E-state index contributed by atoms with van der Waals surface area (Å²) in [6, 6.07) is 6.77. The highest BCUT2D eigenvalue weighted by Gasteiger charge is 2.09. The first-order valence-electron chi connectivity index (χ1n) is 7.90. The summed E-state index contributed by atoms with van der Waals surface area (Å²) in [6.07, 6.45) is 5.77. The molecule has 1 rings (SSSR count). The van der Waals surface area contributed by atoms with E-state index in [2.05, 4.69) is 10.2 Å². The smallest absolute Gasteiger partial charge is 0.325 e. The molecule has 0 fully saturated rings. The van der Waals surface area contributed by atoms with Crippen LogP contribution >= 0.6 is 0 Å². The molecule has 0 atom stereocenters. The van der Waals surface area contributed by atoms with Crippen molar-refractivity contribution in [3.63, 3.8) is 0 Å². The fourth-order valence-electron chi connectivity index (χ4n) is 1.98. The van der Waals surface area contributed by atoms with E-state index in [4.69, 9.17) is 4.74 Å². The number of allylic oxidation sites excluding steroid dienone is 2. The van der Waals surface area contributed by atoms with Gasteiger partial charge in [0.1, 0.15) is 19.8 Å². The lowest BCUT2D eigenvalue weighted by Gasteiger charge is -2.10. The van der Waals surface area contributed by atoms with Gasteiger partial charge >= 0.3 is 5.97 Å². The zero-order valence-electron chi connectivity index (χ0n) is 14.1. The predicted molar refractivity (Wildman–Crippen MR) is 89.7 cm³/mol. The first kappa shape index (κ1) is 20.1. The van der Waals surface area contributed by atoms with E-state index >= 15 is 0 Å². The second-order valence-electron chi connectivity index (χ2n) is 5.16. The van der Waals surface area contributed by atoms with Gasteiger partial charge in [-0.1, -0.05) is 36.4 Å². The first-order chi connectivity index (χ1) is 12.0. The van der Waals surface area contributed by atoms with Gasteiger partial charge < -0.3 is 14.9 Å². The van der Waals surface area contributed by atoms with Crippen LogP contribution in [0.25, 0.3) is 0 Å². The SMILES string of the molecule is C/C=C\CCCC(=O)NCC(=O)OCc1ccccc1CO[N+](=O)[O-]. The van der Waals surface area contributed by atoms with Crippen LogP contribution in [0.15, 0.2) is 36.4 Å². The minimum atomic E-state index is -0.880. The van der Waals surface area contributed by atoms with Crippen LogP contribution in [0.1, 0.15) is 37.3 Å². The Morgan fingerprint density at radius 2 is 1.92 bits per heavy atom. The number of hydrogen-bond donors (Lipinski definition) is 1. The molecule has 0 saturated carbocycles. The van der Waals surface area contributed by atoms with Gasteiger partial charge in [-0.2, -0.15) is 0 Å². The van der Waals surface area contributed by atoms with Crippen molar-refractivity contribution in [1.82, 2.24) is 5.32 Å². The maximum atomic E-state index is 11.7. The van der Waals surface area contributed by atoms with Crippen molar-refractivity contribution in [3.8, 4) is 0 Å². The molecule has 0 aliphatic carbocycles. The van der Waals surface area contributed by atoms with Crippen LogP contribution in [0.5, 0.6) is 0 Å². The van der Waals surface area contributed by atoms with E-state index in [0.717, 1.165) is 12.8 Å². The third kappa shape index (κ3) is 9.09. The van der Waals surface area contributed by atoms with Gasteiger partial charge in [-0.15, -0.1) is 10.1 Å². The number of rotatable bonds is 11. The van der Waals surface area contributed by atoms with E-state index < -0.39 is 11.1 Å². The molecular weight excluding hydrogens is 328 g/mol. The number of ether oxygens (including phenoxy) is 1. The normalized spacial score (nSPS) is 10.4. The minimum absolute atomic E-state index is 0.0484. The van der Waals surface area contributed by atoms with E-state index in [1.54, 1.807) is 24.3 Å². The molecular formula is C17H22N2O6. The lowest BCUT2D eigenvalue weighted by atomic mass is 10.1. The van der Waals surface area contributed by atoms with Crippen molar-refractivity contribution < 1.29 is 24.3 Å². The predicted octanol–water partition coefficient (Wildman–Crippen LogP) is 2.30. The summed E-state index contributed by atoms with van der Waals surface area (Å²) >= 11 is 0. The zero-order chi connectivity index (χ0) is 18.5. The molecule has 0 aliphatic heterocycles. The highest BCUT2D eigenvalue weighted by molar-refractivity contribution is 5.81. The number of carbonyl (C=O) groups excluding carboxylic acids is 2. The van der Waals surface area contributed by atoms with E-state index in [0.29, 0.717) is 17.5 Å². The largest absolute Gasteiger partial charge is 0.459 e. The van der Waals surface area contributed by atoms with Gasteiger partial charge in [0.2, 0.25) is 5.91 Å². The van der Waals surface area contributed by atoms with Gasteiger partial charge in [0, 0.05) is 6.42 Å². The number of esters is 1. The molecule has 1 N–H and O–H groups in total. The van der Waals surface area contributed by atoms with Crippen LogP contribution in [0.2, 0.25) is 0 Å². The summed E-state index contributed by atoms with van der Waals surface area (Å²) < 4.78 is 5.08. The number of nitrogens with one attached hydrogen (secondary N) is 1. The van der Waals surface area contributed by atoms with Gasteiger partial charge in [-0.05, 0) is 30.9 Å². The summed E-state index contributed by atoms with van der Waals surface area (Å²) in [5, 5.41) is 11.9. The van der Waals surface area contributed by atoms with E-state index in [1.165, 1.54) is 0 Å². The molecule has 0 radical (unpaired) electrons. The number of amides is 1. The number of unbranched alkanes of at least 4 members (excludes halogenated alkanes) is 1. The summed E-state index contributed by atoms with van der Waals surface area (Å²) in [7, 11) is 0. The average molecular weight is 350 g/mol. The Kier molecular flexibility index (Phi) is 9.35. The maximum Gasteiger partial charge on any atom is 0.325 e. The lowest BCUT2D eigenvalue weighted by Crippen LogP contribution is -2.30. The molecule has 0 heterocycles. The summed E-state index contributed by atoms with van der Waals surface area (Å²) in [4.78, 5) is 37.8. The quantitative estimate of drug-likeness (QED) is 0.216. The van der Waals surface area contributed by atoms with E-state index in [-0.39, 0.29) is 25.7 Å². The van der Waals surface area contributed by atoms with Crippen molar-refractivity contribution in [2.75, 3.05) is 6.54 Å². The van der Waals surface area contributed by atoms with E-state index in [9.17, 15) is 19.7 Å². The van der Waals surface area contributed by atoms with E-state index in [1.807, 2.05) is 19.1 Å². The third-order valence-corrected chi connectivity index (χ3v) is 3.27. The summed E-state index contributed by atoms with van der Waals surface area (Å²) in [6.45, 7) is 1.44. The molecule has 0 bridgehead atoms. The Labute approximate surface area is 145 Å². The number of hydrogen-bond acceptors (Lipinski definition) is 6. The van der Waals surface area contributed by atoms with Crippen LogP contribution in [0.3, 0.4) is 0 Å². The fraction of sp³-hybridized carbons (Fsp3) is 0.412. The highest BCUT2D eigenvalue weighted by Crippen LogP contribution is 2.11. The second-order valence-corrected chi connectivity index (χ2v) is 5.16. The Balaban J connectivity index is 2.34. The molecule has 0 saturated heterocycles. The van der Waals surface area contributed by atoms with Crippen molar-refractivity contribution >= 4 is 11.9 Å². The highest BCUT2D eigenvalue weighted by atomic mass is 16.9. The Morgan fingerprint density at radius 1 is 1.24 bits per heavy atom. The van der Waals surface area contributed by atoms with Gasteiger partial charge in [0.05, 0.1) is 0 Å². The van der Waals surface area contributed by atoms with Crippen LogP contribution in [-0.4, -0.2) is 23.5 Å². The maximum absolute atomic E-state index is 11.7. The fourth-order valence-corrected chi connectivity index (χ4v) is 1.98. The van der Waals surface area contributed by atoms with Crippen LogP contribution in [-0.2, 0) is 32.4 Å². The van der Waals surface area contributed by atoms with Gasteiger partial charge in [0.15, 0.2) is 0 Å². The average Bonchev–Trinajstić information content (AvgIpc) is 2.60. The molecule has 1 aromatic rings. The Bertz CT molecular complexity index is 615. The van der Waals surface area contributed by atoms with Gasteiger partial charge in [0.25, 0.3) is 5.09 Å². The number of nitrogens with zero attached hydrogens (tertiary/aromatic N) is 1. The number of benzene rings is 1. The zero-order valence-corrected chi connectivity index (χ0v) is 14.1. The van der Waals surface area contributed by atoms with Crippen molar-refractivity contribution in [2.45, 2.75) is 39.4 Å². The van der Waals surface area contributed by atoms with Crippen molar-refractivity contribution in [1.29, 1.82) is 0 Å². The molecule has 25 heavy (non-hydrogen) atoms. The molecule has 0 unspecified atom stereocenters. The molecule has 1 amide bonds. The molecule has 1 aromatic carbocycles. The molecule has 8 heteroatoms. The lowest BCUT2D eigenvalue weighted by molar-refractivity contribution is -0.763. The van der Waals surface area contributed by atoms with Crippen molar-refractivity contribution in [3.05, 3.63) is 57.7 Å². The number of carbonyl (C=O) groups is 2. The van der Waals surface area contributed by atoms with Gasteiger partial charge in [-0.3, -0.25) is 9.59 Å². The minimum Gasteiger partial charge on any atom is -0.459 e. The first-order valence-corrected chi connectivity index (χ1v) is 7.90. The monoisotopic (exact) mass is 350 g/mol.